The van der Waals surface area contributed by atoms with Crippen LogP contribution in [0.15, 0.2) is 64.5 Å². The van der Waals surface area contributed by atoms with Gasteiger partial charge >= 0.3 is 6.18 Å². The van der Waals surface area contributed by atoms with E-state index in [0.717, 1.165) is 44.9 Å². The van der Waals surface area contributed by atoms with E-state index in [-0.39, 0.29) is 5.91 Å². The standard InChI is InChI=1S/C22H20F3N3OS/c23-22(24,25)18-8-6-16(7-9-18)14-19-20(29)26-21(30-19)28-12-10-27(11-13-28)15-17-4-2-1-3-5-17/h1-9,14H,10-13,15H2/b19-14-. The predicted molar refractivity (Wildman–Crippen MR) is 113 cm³/mol. The van der Waals surface area contributed by atoms with Crippen molar-refractivity contribution in [2.45, 2.75) is 12.7 Å². The van der Waals surface area contributed by atoms with Crippen LogP contribution in [0.25, 0.3) is 6.08 Å². The molecule has 2 aliphatic heterocycles. The Bertz CT molecular complexity index is 963. The number of halogens is 3. The van der Waals surface area contributed by atoms with Gasteiger partial charge in [0.25, 0.3) is 5.91 Å². The first kappa shape index (κ1) is 20.7. The van der Waals surface area contributed by atoms with Gasteiger partial charge in [0, 0.05) is 32.7 Å². The van der Waals surface area contributed by atoms with E-state index in [4.69, 9.17) is 0 Å². The molecule has 4 nitrogen and oxygen atoms in total. The van der Waals surface area contributed by atoms with Crippen LogP contribution in [-0.2, 0) is 17.5 Å². The molecular weight excluding hydrogens is 411 g/mol. The van der Waals surface area contributed by atoms with Crippen molar-refractivity contribution < 1.29 is 18.0 Å². The maximum Gasteiger partial charge on any atom is 0.416 e. The lowest BCUT2D eigenvalue weighted by molar-refractivity contribution is -0.137. The fourth-order valence-electron chi connectivity index (χ4n) is 3.39. The minimum absolute atomic E-state index is 0.346. The van der Waals surface area contributed by atoms with Crippen LogP contribution in [0.3, 0.4) is 0 Å². The number of alkyl halides is 3. The van der Waals surface area contributed by atoms with Crippen molar-refractivity contribution in [1.82, 2.24) is 9.80 Å². The van der Waals surface area contributed by atoms with Crippen molar-refractivity contribution in [3.05, 3.63) is 76.2 Å². The van der Waals surface area contributed by atoms with E-state index in [1.807, 2.05) is 18.2 Å². The molecule has 4 rings (SSSR count). The topological polar surface area (TPSA) is 35.9 Å². The highest BCUT2D eigenvalue weighted by molar-refractivity contribution is 8.18. The lowest BCUT2D eigenvalue weighted by Crippen LogP contribution is -2.47. The number of hydrogen-bond donors (Lipinski definition) is 0. The number of carbonyl (C=O) groups excluding carboxylic acids is 1. The summed E-state index contributed by atoms with van der Waals surface area (Å²) < 4.78 is 38.1. The van der Waals surface area contributed by atoms with Gasteiger partial charge in [-0.15, -0.1) is 0 Å². The number of carbonyl (C=O) groups is 1. The first-order chi connectivity index (χ1) is 14.4. The molecule has 1 saturated heterocycles. The molecule has 1 fully saturated rings. The van der Waals surface area contributed by atoms with Crippen LogP contribution >= 0.6 is 11.8 Å². The number of rotatable bonds is 3. The highest BCUT2D eigenvalue weighted by atomic mass is 32.2. The van der Waals surface area contributed by atoms with E-state index in [0.29, 0.717) is 15.6 Å². The van der Waals surface area contributed by atoms with Gasteiger partial charge in [-0.05, 0) is 41.1 Å². The lowest BCUT2D eigenvalue weighted by Gasteiger charge is -2.35. The van der Waals surface area contributed by atoms with Crippen molar-refractivity contribution in [3.8, 4) is 0 Å². The first-order valence-corrected chi connectivity index (χ1v) is 10.4. The summed E-state index contributed by atoms with van der Waals surface area (Å²) in [6.07, 6.45) is -2.78. The molecule has 2 aromatic rings. The van der Waals surface area contributed by atoms with E-state index in [2.05, 4.69) is 26.9 Å². The fourth-order valence-corrected chi connectivity index (χ4v) is 4.36. The molecule has 2 heterocycles. The third-order valence-electron chi connectivity index (χ3n) is 5.04. The van der Waals surface area contributed by atoms with Crippen molar-refractivity contribution in [2.75, 3.05) is 26.2 Å². The summed E-state index contributed by atoms with van der Waals surface area (Å²) in [4.78, 5) is 21.3. The summed E-state index contributed by atoms with van der Waals surface area (Å²) in [5.74, 6) is -0.346. The molecule has 0 N–H and O–H groups in total. The monoisotopic (exact) mass is 431 g/mol. The lowest BCUT2D eigenvalue weighted by atomic mass is 10.1. The Morgan fingerprint density at radius 3 is 2.27 bits per heavy atom. The van der Waals surface area contributed by atoms with Crippen molar-refractivity contribution in [1.29, 1.82) is 0 Å². The van der Waals surface area contributed by atoms with Gasteiger partial charge in [0.1, 0.15) is 0 Å². The summed E-state index contributed by atoms with van der Waals surface area (Å²) in [6, 6.07) is 15.1. The molecule has 1 amide bonds. The molecular formula is C22H20F3N3OS. The van der Waals surface area contributed by atoms with Crippen LogP contribution in [0.4, 0.5) is 13.2 Å². The number of piperazine rings is 1. The zero-order valence-electron chi connectivity index (χ0n) is 16.1. The molecule has 0 bridgehead atoms. The molecule has 156 valence electrons. The second-order valence-electron chi connectivity index (χ2n) is 7.18. The number of amidine groups is 1. The zero-order chi connectivity index (χ0) is 21.1. The van der Waals surface area contributed by atoms with E-state index in [1.165, 1.54) is 29.5 Å². The van der Waals surface area contributed by atoms with Gasteiger partial charge in [-0.1, -0.05) is 42.5 Å². The van der Waals surface area contributed by atoms with Gasteiger partial charge in [-0.2, -0.15) is 18.2 Å². The molecule has 2 aromatic carbocycles. The molecule has 8 heteroatoms. The maximum atomic E-state index is 12.7. The van der Waals surface area contributed by atoms with Crippen LogP contribution < -0.4 is 0 Å². The Balaban J connectivity index is 1.34. The highest BCUT2D eigenvalue weighted by Gasteiger charge is 2.30. The Hall–Kier alpha value is -2.58. The van der Waals surface area contributed by atoms with Crippen molar-refractivity contribution in [2.24, 2.45) is 4.99 Å². The first-order valence-electron chi connectivity index (χ1n) is 9.59. The van der Waals surface area contributed by atoms with Crippen molar-refractivity contribution in [3.63, 3.8) is 0 Å². The Morgan fingerprint density at radius 1 is 0.967 bits per heavy atom. The average molecular weight is 431 g/mol. The fraction of sp³-hybridized carbons (Fsp3) is 0.273. The minimum atomic E-state index is -4.37. The Labute approximate surface area is 177 Å². The number of amides is 1. The smallest absolute Gasteiger partial charge is 0.348 e. The molecule has 0 radical (unpaired) electrons. The molecule has 30 heavy (non-hydrogen) atoms. The Kier molecular flexibility index (Phi) is 5.97. The third-order valence-corrected chi connectivity index (χ3v) is 6.08. The number of thioether (sulfide) groups is 1. The predicted octanol–water partition coefficient (Wildman–Crippen LogP) is 4.49. The summed E-state index contributed by atoms with van der Waals surface area (Å²) >= 11 is 1.28. The van der Waals surface area contributed by atoms with Crippen LogP contribution in [0.2, 0.25) is 0 Å². The SMILES string of the molecule is O=C1N=C(N2CCN(Cc3ccccc3)CC2)S/C1=C\c1ccc(C(F)(F)F)cc1. The third kappa shape index (κ3) is 4.94. The Morgan fingerprint density at radius 2 is 1.63 bits per heavy atom. The van der Waals surface area contributed by atoms with Crippen molar-refractivity contribution >= 4 is 28.9 Å². The molecule has 0 atom stereocenters. The number of aliphatic imine (C=N–C) groups is 1. The molecule has 0 spiro atoms. The van der Waals surface area contributed by atoms with E-state index < -0.39 is 11.7 Å². The van der Waals surface area contributed by atoms with E-state index >= 15 is 0 Å². The maximum absolute atomic E-state index is 12.7. The van der Waals surface area contributed by atoms with Gasteiger partial charge in [-0.25, -0.2) is 0 Å². The highest BCUT2D eigenvalue weighted by Crippen LogP contribution is 2.32. The average Bonchev–Trinajstić information content (AvgIpc) is 3.09. The second kappa shape index (κ2) is 8.65. The molecule has 0 aliphatic carbocycles. The zero-order valence-corrected chi connectivity index (χ0v) is 16.9. The normalized spacial score (nSPS) is 19.4. The molecule has 0 aromatic heterocycles. The largest absolute Gasteiger partial charge is 0.416 e. The summed E-state index contributed by atoms with van der Waals surface area (Å²) in [7, 11) is 0. The minimum Gasteiger partial charge on any atom is -0.348 e. The van der Waals surface area contributed by atoms with Gasteiger partial charge in [0.05, 0.1) is 10.5 Å². The van der Waals surface area contributed by atoms with Crippen LogP contribution in [-0.4, -0.2) is 47.1 Å². The number of nitrogens with zero attached hydrogens (tertiary/aromatic N) is 3. The van der Waals surface area contributed by atoms with Crippen LogP contribution in [0.5, 0.6) is 0 Å². The van der Waals surface area contributed by atoms with E-state index in [1.54, 1.807) is 6.08 Å². The van der Waals surface area contributed by atoms with E-state index in [9.17, 15) is 18.0 Å². The molecule has 2 aliphatic rings. The summed E-state index contributed by atoms with van der Waals surface area (Å²) in [5.41, 5.74) is 1.11. The summed E-state index contributed by atoms with van der Waals surface area (Å²) in [6.45, 7) is 4.20. The quantitative estimate of drug-likeness (QED) is 0.671. The number of hydrogen-bond acceptors (Lipinski definition) is 4. The van der Waals surface area contributed by atoms with Gasteiger partial charge in [-0.3, -0.25) is 9.69 Å². The number of benzene rings is 2. The van der Waals surface area contributed by atoms with Gasteiger partial charge in [0.15, 0.2) is 5.17 Å². The summed E-state index contributed by atoms with van der Waals surface area (Å²) in [5, 5.41) is 0.664. The van der Waals surface area contributed by atoms with Crippen LogP contribution in [0, 0.1) is 0 Å². The van der Waals surface area contributed by atoms with Crippen LogP contribution in [0.1, 0.15) is 16.7 Å². The van der Waals surface area contributed by atoms with Gasteiger partial charge < -0.3 is 4.90 Å². The molecule has 0 unspecified atom stereocenters. The van der Waals surface area contributed by atoms with Gasteiger partial charge in [0.2, 0.25) is 0 Å². The molecule has 0 saturated carbocycles. The second-order valence-corrected chi connectivity index (χ2v) is 8.19.